The summed E-state index contributed by atoms with van der Waals surface area (Å²) in [6.07, 6.45) is 0.104. The summed E-state index contributed by atoms with van der Waals surface area (Å²) < 4.78 is 0. The average molecular weight is 363 g/mol. The number of carbonyl (C=O) groups excluding carboxylic acids is 2. The van der Waals surface area contributed by atoms with E-state index in [0.717, 1.165) is 11.1 Å². The Kier molecular flexibility index (Phi) is 4.52. The Hall–Kier alpha value is -2.04. The molecule has 0 spiro atoms. The number of amides is 2. The van der Waals surface area contributed by atoms with Gasteiger partial charge in [-0.2, -0.15) is 0 Å². The van der Waals surface area contributed by atoms with Crippen LogP contribution in [0.15, 0.2) is 36.4 Å². The number of hydrogen-bond donors (Lipinski definition) is 1. The van der Waals surface area contributed by atoms with Crippen LogP contribution in [0.2, 0.25) is 10.0 Å². The van der Waals surface area contributed by atoms with E-state index in [1.165, 1.54) is 4.90 Å². The molecule has 4 nitrogen and oxygen atoms in total. The van der Waals surface area contributed by atoms with Gasteiger partial charge in [0, 0.05) is 5.69 Å². The van der Waals surface area contributed by atoms with Gasteiger partial charge in [-0.25, -0.2) is 4.90 Å². The Bertz CT molecular complexity index is 836. The largest absolute Gasteiger partial charge is 0.373 e. The first kappa shape index (κ1) is 16.8. The smallest absolute Gasteiger partial charge is 0.256 e. The number of anilines is 2. The lowest BCUT2D eigenvalue weighted by atomic mass is 10.1. The first-order chi connectivity index (χ1) is 11.4. The van der Waals surface area contributed by atoms with E-state index >= 15 is 0 Å². The summed E-state index contributed by atoms with van der Waals surface area (Å²) in [6.45, 7) is 3.81. The van der Waals surface area contributed by atoms with Crippen LogP contribution in [0.25, 0.3) is 0 Å². The van der Waals surface area contributed by atoms with Crippen LogP contribution in [0.1, 0.15) is 17.5 Å². The van der Waals surface area contributed by atoms with Crippen LogP contribution in [-0.2, 0) is 9.59 Å². The number of carbonyl (C=O) groups is 2. The summed E-state index contributed by atoms with van der Waals surface area (Å²) in [5.41, 5.74) is 3.18. The second-order valence-electron chi connectivity index (χ2n) is 5.89. The lowest BCUT2D eigenvalue weighted by Gasteiger charge is -2.18. The number of nitrogens with zero attached hydrogens (tertiary/aromatic N) is 1. The van der Waals surface area contributed by atoms with E-state index in [4.69, 9.17) is 23.2 Å². The molecule has 1 heterocycles. The fourth-order valence-corrected chi connectivity index (χ4v) is 3.04. The van der Waals surface area contributed by atoms with Gasteiger partial charge in [-0.05, 0) is 49.2 Å². The zero-order chi connectivity index (χ0) is 17.4. The quantitative estimate of drug-likeness (QED) is 0.825. The molecule has 0 bridgehead atoms. The van der Waals surface area contributed by atoms with Crippen LogP contribution < -0.4 is 10.2 Å². The third kappa shape index (κ3) is 3.12. The van der Waals surface area contributed by atoms with E-state index in [1.54, 1.807) is 18.2 Å². The van der Waals surface area contributed by atoms with Gasteiger partial charge in [0.1, 0.15) is 6.04 Å². The Morgan fingerprint density at radius 1 is 1.04 bits per heavy atom. The van der Waals surface area contributed by atoms with Gasteiger partial charge in [-0.3, -0.25) is 9.59 Å². The first-order valence-corrected chi connectivity index (χ1v) is 8.28. The van der Waals surface area contributed by atoms with Crippen LogP contribution in [0.5, 0.6) is 0 Å². The van der Waals surface area contributed by atoms with E-state index in [1.807, 2.05) is 32.0 Å². The molecule has 0 saturated carbocycles. The van der Waals surface area contributed by atoms with Crippen LogP contribution in [-0.4, -0.2) is 17.9 Å². The number of halogens is 2. The van der Waals surface area contributed by atoms with Crippen molar-refractivity contribution >= 4 is 46.4 Å². The molecule has 1 N–H and O–H groups in total. The Morgan fingerprint density at radius 3 is 2.50 bits per heavy atom. The monoisotopic (exact) mass is 362 g/mol. The van der Waals surface area contributed by atoms with Crippen LogP contribution in [0, 0.1) is 13.8 Å². The topological polar surface area (TPSA) is 49.4 Å². The van der Waals surface area contributed by atoms with Gasteiger partial charge in [0.15, 0.2) is 0 Å². The third-order valence-corrected chi connectivity index (χ3v) is 4.75. The molecule has 1 fully saturated rings. The number of aryl methyl sites for hydroxylation is 2. The molecule has 2 aromatic carbocycles. The van der Waals surface area contributed by atoms with Crippen molar-refractivity contribution in [3.8, 4) is 0 Å². The van der Waals surface area contributed by atoms with Gasteiger partial charge in [0.2, 0.25) is 5.91 Å². The molecule has 2 aromatic rings. The number of benzene rings is 2. The molecule has 0 radical (unpaired) electrons. The number of rotatable bonds is 3. The fraction of sp³-hybridized carbons (Fsp3) is 0.222. The highest BCUT2D eigenvalue weighted by atomic mass is 35.5. The van der Waals surface area contributed by atoms with Crippen molar-refractivity contribution in [2.45, 2.75) is 26.3 Å². The molecule has 1 atom stereocenters. The van der Waals surface area contributed by atoms with E-state index < -0.39 is 6.04 Å². The zero-order valence-corrected chi connectivity index (χ0v) is 14.8. The van der Waals surface area contributed by atoms with E-state index in [-0.39, 0.29) is 18.2 Å². The molecule has 0 aromatic heterocycles. The Balaban J connectivity index is 1.86. The summed E-state index contributed by atoms with van der Waals surface area (Å²) in [6, 6.07) is 10.1. The maximum Gasteiger partial charge on any atom is 0.256 e. The summed E-state index contributed by atoms with van der Waals surface area (Å²) in [5.74, 6) is -0.481. The molecular weight excluding hydrogens is 347 g/mol. The van der Waals surface area contributed by atoms with Gasteiger partial charge in [0.25, 0.3) is 5.91 Å². The lowest BCUT2D eigenvalue weighted by molar-refractivity contribution is -0.121. The summed E-state index contributed by atoms with van der Waals surface area (Å²) in [7, 11) is 0. The molecule has 1 aliphatic heterocycles. The van der Waals surface area contributed by atoms with Gasteiger partial charge >= 0.3 is 0 Å². The second-order valence-corrected chi connectivity index (χ2v) is 6.70. The Morgan fingerprint density at radius 2 is 1.79 bits per heavy atom. The number of imide groups is 1. The highest BCUT2D eigenvalue weighted by molar-refractivity contribution is 6.42. The molecule has 1 aliphatic rings. The minimum Gasteiger partial charge on any atom is -0.373 e. The minimum absolute atomic E-state index is 0.104. The van der Waals surface area contributed by atoms with E-state index in [2.05, 4.69) is 5.32 Å². The predicted molar refractivity (Wildman–Crippen MR) is 96.9 cm³/mol. The fourth-order valence-electron chi connectivity index (χ4n) is 2.75. The van der Waals surface area contributed by atoms with Crippen molar-refractivity contribution < 1.29 is 9.59 Å². The van der Waals surface area contributed by atoms with Gasteiger partial charge < -0.3 is 5.32 Å². The summed E-state index contributed by atoms with van der Waals surface area (Å²) in [5, 5.41) is 3.90. The molecule has 3 rings (SSSR count). The molecule has 1 saturated heterocycles. The van der Waals surface area contributed by atoms with Crippen molar-refractivity contribution in [3.05, 3.63) is 57.6 Å². The molecule has 124 valence electrons. The maximum atomic E-state index is 12.7. The van der Waals surface area contributed by atoms with Crippen molar-refractivity contribution in [2.24, 2.45) is 0 Å². The lowest BCUT2D eigenvalue weighted by Crippen LogP contribution is -2.35. The highest BCUT2D eigenvalue weighted by Gasteiger charge is 2.40. The number of nitrogens with one attached hydrogen (secondary N) is 1. The van der Waals surface area contributed by atoms with E-state index in [0.29, 0.717) is 21.4 Å². The molecule has 6 heteroatoms. The summed E-state index contributed by atoms with van der Waals surface area (Å²) >= 11 is 11.9. The van der Waals surface area contributed by atoms with Crippen molar-refractivity contribution in [1.82, 2.24) is 0 Å². The molecule has 24 heavy (non-hydrogen) atoms. The van der Waals surface area contributed by atoms with Crippen LogP contribution in [0.4, 0.5) is 11.4 Å². The van der Waals surface area contributed by atoms with Crippen molar-refractivity contribution in [1.29, 1.82) is 0 Å². The molecular formula is C18H16Cl2N2O2. The molecule has 2 amide bonds. The van der Waals surface area contributed by atoms with Crippen molar-refractivity contribution in [2.75, 3.05) is 10.2 Å². The number of hydrogen-bond acceptors (Lipinski definition) is 3. The van der Waals surface area contributed by atoms with Crippen molar-refractivity contribution in [3.63, 3.8) is 0 Å². The van der Waals surface area contributed by atoms with Gasteiger partial charge in [-0.15, -0.1) is 0 Å². The zero-order valence-electron chi connectivity index (χ0n) is 13.3. The predicted octanol–water partition coefficient (Wildman–Crippen LogP) is 4.35. The summed E-state index contributed by atoms with van der Waals surface area (Å²) in [4.78, 5) is 26.4. The first-order valence-electron chi connectivity index (χ1n) is 7.52. The average Bonchev–Trinajstić information content (AvgIpc) is 2.80. The molecule has 0 aliphatic carbocycles. The van der Waals surface area contributed by atoms with Gasteiger partial charge in [-0.1, -0.05) is 35.3 Å². The maximum absolute atomic E-state index is 12.7. The minimum atomic E-state index is -0.616. The van der Waals surface area contributed by atoms with Crippen LogP contribution >= 0.6 is 23.2 Å². The SMILES string of the molecule is Cc1ccc(C)c(N2C(=O)C[C@H](Nc3ccc(Cl)c(Cl)c3)C2=O)c1. The van der Waals surface area contributed by atoms with Crippen LogP contribution in [0.3, 0.4) is 0 Å². The molecule has 0 unspecified atom stereocenters. The third-order valence-electron chi connectivity index (χ3n) is 4.01. The standard InChI is InChI=1S/C18H16Cl2N2O2/c1-10-3-4-11(2)16(7-10)22-17(23)9-15(18(22)24)21-12-5-6-13(19)14(20)8-12/h3-8,15,21H,9H2,1-2H3/t15-/m0/s1. The van der Waals surface area contributed by atoms with Gasteiger partial charge in [0.05, 0.1) is 22.2 Å². The Labute approximate surface area is 150 Å². The normalized spacial score (nSPS) is 17.5. The highest BCUT2D eigenvalue weighted by Crippen LogP contribution is 2.30. The second kappa shape index (κ2) is 6.46. The van der Waals surface area contributed by atoms with E-state index in [9.17, 15) is 9.59 Å².